The van der Waals surface area contributed by atoms with E-state index in [0.29, 0.717) is 6.04 Å². The normalized spacial score (nSPS) is 19.1. The minimum Gasteiger partial charge on any atom is -0.351 e. The molecule has 1 saturated heterocycles. The molecule has 4 heteroatoms. The van der Waals surface area contributed by atoms with Gasteiger partial charge in [0, 0.05) is 25.3 Å². The fourth-order valence-corrected chi connectivity index (χ4v) is 2.51. The van der Waals surface area contributed by atoms with Crippen LogP contribution in [0.2, 0.25) is 0 Å². The van der Waals surface area contributed by atoms with Crippen molar-refractivity contribution in [3.05, 3.63) is 24.0 Å². The number of aromatic nitrogens is 1. The molecule has 0 bridgehead atoms. The summed E-state index contributed by atoms with van der Waals surface area (Å²) < 4.78 is 2.02. The molecule has 2 N–H and O–H groups in total. The average molecular weight is 249 g/mol. The number of nitrogens with one attached hydrogen (secondary N) is 2. The topological polar surface area (TPSA) is 46.1 Å². The van der Waals surface area contributed by atoms with E-state index in [0.717, 1.165) is 38.2 Å². The van der Waals surface area contributed by atoms with E-state index < -0.39 is 0 Å². The Balaban J connectivity index is 1.77. The van der Waals surface area contributed by atoms with Gasteiger partial charge >= 0.3 is 0 Å². The number of carbonyl (C=O) groups is 1. The van der Waals surface area contributed by atoms with Crippen LogP contribution < -0.4 is 10.6 Å². The Morgan fingerprint density at radius 1 is 1.61 bits per heavy atom. The lowest BCUT2D eigenvalue weighted by molar-refractivity contribution is 0.0943. The fraction of sp³-hybridized carbons (Fsp3) is 0.643. The molecule has 1 aliphatic heterocycles. The summed E-state index contributed by atoms with van der Waals surface area (Å²) in [5, 5.41) is 6.45. The summed E-state index contributed by atoms with van der Waals surface area (Å²) in [6.07, 6.45) is 6.54. The third kappa shape index (κ3) is 3.35. The van der Waals surface area contributed by atoms with E-state index in [9.17, 15) is 4.79 Å². The Morgan fingerprint density at radius 2 is 2.50 bits per heavy atom. The van der Waals surface area contributed by atoms with Crippen LogP contribution in [0.1, 0.15) is 43.1 Å². The molecule has 2 heterocycles. The smallest absolute Gasteiger partial charge is 0.267 e. The predicted molar refractivity (Wildman–Crippen MR) is 72.7 cm³/mol. The molecule has 1 unspecified atom stereocenters. The minimum atomic E-state index is 0.0476. The van der Waals surface area contributed by atoms with Gasteiger partial charge in [-0.3, -0.25) is 4.79 Å². The molecule has 4 nitrogen and oxygen atoms in total. The van der Waals surface area contributed by atoms with E-state index >= 15 is 0 Å². The van der Waals surface area contributed by atoms with E-state index in [1.807, 2.05) is 22.9 Å². The van der Waals surface area contributed by atoms with Crippen molar-refractivity contribution in [3.8, 4) is 0 Å². The summed E-state index contributed by atoms with van der Waals surface area (Å²) in [5.74, 6) is 0.0476. The molecule has 1 aromatic rings. The number of aryl methyl sites for hydroxylation is 1. The van der Waals surface area contributed by atoms with Gasteiger partial charge in [0.1, 0.15) is 5.69 Å². The molecule has 1 fully saturated rings. The second-order valence-electron chi connectivity index (χ2n) is 4.92. The van der Waals surface area contributed by atoms with Gasteiger partial charge in [0.05, 0.1) is 0 Å². The van der Waals surface area contributed by atoms with E-state index in [4.69, 9.17) is 0 Å². The summed E-state index contributed by atoms with van der Waals surface area (Å²) >= 11 is 0. The Bertz CT molecular complexity index is 380. The lowest BCUT2D eigenvalue weighted by Crippen LogP contribution is -2.31. The number of hydrogen-bond donors (Lipinski definition) is 2. The molecule has 100 valence electrons. The zero-order chi connectivity index (χ0) is 12.8. The molecule has 2 rings (SSSR count). The molecule has 18 heavy (non-hydrogen) atoms. The third-order valence-electron chi connectivity index (χ3n) is 3.47. The van der Waals surface area contributed by atoms with Crippen LogP contribution in [0.3, 0.4) is 0 Å². The number of rotatable bonds is 6. The van der Waals surface area contributed by atoms with Crippen molar-refractivity contribution in [3.63, 3.8) is 0 Å². The minimum absolute atomic E-state index is 0.0476. The molecule has 0 aromatic carbocycles. The van der Waals surface area contributed by atoms with Gasteiger partial charge in [-0.25, -0.2) is 0 Å². The standard InChI is InChI=1S/C14H23N3O/c1-2-10-17-11-4-6-13(17)14(18)16-9-7-12-5-3-8-15-12/h4,6,11-12,15H,2-3,5,7-10H2,1H3,(H,16,18). The van der Waals surface area contributed by atoms with Crippen LogP contribution >= 0.6 is 0 Å². The number of nitrogens with zero attached hydrogens (tertiary/aromatic N) is 1. The van der Waals surface area contributed by atoms with Crippen molar-refractivity contribution in [2.75, 3.05) is 13.1 Å². The first-order valence-corrected chi connectivity index (χ1v) is 6.98. The van der Waals surface area contributed by atoms with Gasteiger partial charge in [-0.15, -0.1) is 0 Å². The zero-order valence-electron chi connectivity index (χ0n) is 11.1. The van der Waals surface area contributed by atoms with Gasteiger partial charge in [0.25, 0.3) is 5.91 Å². The van der Waals surface area contributed by atoms with Crippen LogP contribution in [-0.2, 0) is 6.54 Å². The van der Waals surface area contributed by atoms with Gasteiger partial charge in [-0.05, 0) is 44.4 Å². The first kappa shape index (κ1) is 13.1. The van der Waals surface area contributed by atoms with Gasteiger partial charge in [-0.1, -0.05) is 6.92 Å². The van der Waals surface area contributed by atoms with Crippen molar-refractivity contribution >= 4 is 5.91 Å². The van der Waals surface area contributed by atoms with Crippen LogP contribution in [0.5, 0.6) is 0 Å². The third-order valence-corrected chi connectivity index (χ3v) is 3.47. The average Bonchev–Trinajstić information content (AvgIpc) is 3.00. The number of hydrogen-bond acceptors (Lipinski definition) is 2. The molecule has 0 saturated carbocycles. The molecule has 1 amide bonds. The van der Waals surface area contributed by atoms with E-state index in [2.05, 4.69) is 17.6 Å². The van der Waals surface area contributed by atoms with Crippen molar-refractivity contribution in [2.24, 2.45) is 0 Å². The molecular formula is C14H23N3O. The second-order valence-corrected chi connectivity index (χ2v) is 4.92. The molecule has 0 spiro atoms. The first-order valence-electron chi connectivity index (χ1n) is 6.98. The van der Waals surface area contributed by atoms with Crippen LogP contribution in [0.25, 0.3) is 0 Å². The number of amides is 1. The molecular weight excluding hydrogens is 226 g/mol. The maximum atomic E-state index is 12.0. The zero-order valence-corrected chi connectivity index (χ0v) is 11.1. The summed E-state index contributed by atoms with van der Waals surface area (Å²) in [4.78, 5) is 12.0. The summed E-state index contributed by atoms with van der Waals surface area (Å²) in [5.41, 5.74) is 0.774. The van der Waals surface area contributed by atoms with Gasteiger partial charge in [0.15, 0.2) is 0 Å². The first-order chi connectivity index (χ1) is 8.81. The Morgan fingerprint density at radius 3 is 3.22 bits per heavy atom. The van der Waals surface area contributed by atoms with E-state index in [1.54, 1.807) is 0 Å². The summed E-state index contributed by atoms with van der Waals surface area (Å²) in [7, 11) is 0. The van der Waals surface area contributed by atoms with Crippen molar-refractivity contribution in [1.29, 1.82) is 0 Å². The monoisotopic (exact) mass is 249 g/mol. The van der Waals surface area contributed by atoms with Crippen LogP contribution in [0, 0.1) is 0 Å². The maximum absolute atomic E-state index is 12.0. The predicted octanol–water partition coefficient (Wildman–Crippen LogP) is 1.77. The molecule has 1 aliphatic rings. The van der Waals surface area contributed by atoms with Crippen LogP contribution in [0.15, 0.2) is 18.3 Å². The highest BCUT2D eigenvalue weighted by Crippen LogP contribution is 2.08. The molecule has 1 atom stereocenters. The quantitative estimate of drug-likeness (QED) is 0.807. The van der Waals surface area contributed by atoms with Crippen molar-refractivity contribution in [2.45, 2.75) is 45.2 Å². The maximum Gasteiger partial charge on any atom is 0.267 e. The van der Waals surface area contributed by atoms with Gasteiger partial charge in [0.2, 0.25) is 0 Å². The largest absolute Gasteiger partial charge is 0.351 e. The Hall–Kier alpha value is -1.29. The molecule has 1 aromatic heterocycles. The van der Waals surface area contributed by atoms with Crippen molar-refractivity contribution in [1.82, 2.24) is 15.2 Å². The SMILES string of the molecule is CCCn1cccc1C(=O)NCCC1CCCN1. The number of carbonyl (C=O) groups excluding carboxylic acids is 1. The summed E-state index contributed by atoms with van der Waals surface area (Å²) in [6.45, 7) is 4.90. The highest BCUT2D eigenvalue weighted by Gasteiger charge is 2.14. The van der Waals surface area contributed by atoms with E-state index in [1.165, 1.54) is 12.8 Å². The fourth-order valence-electron chi connectivity index (χ4n) is 2.51. The van der Waals surface area contributed by atoms with E-state index in [-0.39, 0.29) is 5.91 Å². The second kappa shape index (κ2) is 6.59. The molecule has 0 aliphatic carbocycles. The summed E-state index contributed by atoms with van der Waals surface area (Å²) in [6, 6.07) is 4.41. The van der Waals surface area contributed by atoms with Crippen molar-refractivity contribution < 1.29 is 4.79 Å². The van der Waals surface area contributed by atoms with Gasteiger partial charge < -0.3 is 15.2 Å². The Labute approximate surface area is 109 Å². The van der Waals surface area contributed by atoms with Crippen LogP contribution in [0.4, 0.5) is 0 Å². The van der Waals surface area contributed by atoms with Gasteiger partial charge in [-0.2, -0.15) is 0 Å². The van der Waals surface area contributed by atoms with Crippen LogP contribution in [-0.4, -0.2) is 29.6 Å². The lowest BCUT2D eigenvalue weighted by atomic mass is 10.1. The Kier molecular flexibility index (Phi) is 4.81. The molecule has 0 radical (unpaired) electrons. The highest BCUT2D eigenvalue weighted by molar-refractivity contribution is 5.92. The highest BCUT2D eigenvalue weighted by atomic mass is 16.1. The lowest BCUT2D eigenvalue weighted by Gasteiger charge is -2.12.